The molecule has 4 heteroatoms. The monoisotopic (exact) mass is 456 g/mol. The first-order chi connectivity index (χ1) is 16.7. The lowest BCUT2D eigenvalue weighted by Crippen LogP contribution is -2.23. The molecule has 2 unspecified atom stereocenters. The zero-order valence-corrected chi connectivity index (χ0v) is 20.0. The van der Waals surface area contributed by atoms with Crippen molar-refractivity contribution < 1.29 is 9.59 Å². The molecule has 0 heterocycles. The van der Waals surface area contributed by atoms with Crippen molar-refractivity contribution in [3.8, 4) is 0 Å². The molecule has 4 nitrogen and oxygen atoms in total. The second-order valence-electron chi connectivity index (χ2n) is 9.57. The van der Waals surface area contributed by atoms with E-state index < -0.39 is 0 Å². The molecule has 178 valence electrons. The van der Waals surface area contributed by atoms with E-state index in [0.717, 1.165) is 63.0 Å². The second kappa shape index (κ2) is 12.4. The highest BCUT2D eigenvalue weighted by Crippen LogP contribution is 2.31. The highest BCUT2D eigenvalue weighted by atomic mass is 16.1. The van der Waals surface area contributed by atoms with E-state index in [0.29, 0.717) is 12.8 Å². The largest absolute Gasteiger partial charge is 0.388 e. The lowest BCUT2D eigenvalue weighted by Gasteiger charge is -2.23. The van der Waals surface area contributed by atoms with Crippen LogP contribution in [0.5, 0.6) is 0 Å². The third-order valence-electron chi connectivity index (χ3n) is 6.85. The number of hydrogen-bond acceptors (Lipinski definition) is 4. The Balaban J connectivity index is 1.10. The molecule has 4 rings (SSSR count). The van der Waals surface area contributed by atoms with Gasteiger partial charge in [0.2, 0.25) is 0 Å². The van der Waals surface area contributed by atoms with Crippen molar-refractivity contribution in [2.75, 3.05) is 13.1 Å². The summed E-state index contributed by atoms with van der Waals surface area (Å²) in [6.07, 6.45) is 11.1. The summed E-state index contributed by atoms with van der Waals surface area (Å²) in [5, 5.41) is 7.00. The van der Waals surface area contributed by atoms with Crippen molar-refractivity contribution >= 4 is 11.6 Å². The average Bonchev–Trinajstić information content (AvgIpc) is 2.86. The van der Waals surface area contributed by atoms with Crippen LogP contribution in [0.2, 0.25) is 0 Å². The number of hydrogen-bond donors (Lipinski definition) is 2. The summed E-state index contributed by atoms with van der Waals surface area (Å²) in [5.74, 6) is 1.02. The third kappa shape index (κ3) is 7.18. The van der Waals surface area contributed by atoms with Crippen molar-refractivity contribution in [2.24, 2.45) is 0 Å². The third-order valence-corrected chi connectivity index (χ3v) is 6.85. The summed E-state index contributed by atoms with van der Waals surface area (Å²) in [6, 6.07) is 20.7. The van der Waals surface area contributed by atoms with Gasteiger partial charge < -0.3 is 10.6 Å². The predicted molar refractivity (Wildman–Crippen MR) is 137 cm³/mol. The fraction of sp³-hybridized carbons (Fsp3) is 0.400. The summed E-state index contributed by atoms with van der Waals surface area (Å²) in [6.45, 7) is 1.82. The molecule has 2 aliphatic carbocycles. The van der Waals surface area contributed by atoms with E-state index in [9.17, 15) is 9.59 Å². The Kier molecular flexibility index (Phi) is 8.72. The van der Waals surface area contributed by atoms with Crippen molar-refractivity contribution in [1.82, 2.24) is 10.6 Å². The molecule has 2 aromatic rings. The first kappa shape index (κ1) is 24.0. The molecule has 0 spiro atoms. The molecule has 2 atom stereocenters. The van der Waals surface area contributed by atoms with Gasteiger partial charge in [0, 0.05) is 49.5 Å². The number of rotatable bonds is 11. The Labute approximate surface area is 203 Å². The van der Waals surface area contributed by atoms with Gasteiger partial charge in [-0.2, -0.15) is 0 Å². The molecule has 0 aliphatic heterocycles. The van der Waals surface area contributed by atoms with Crippen molar-refractivity contribution in [2.45, 2.75) is 63.2 Å². The lowest BCUT2D eigenvalue weighted by molar-refractivity contribution is -0.116. The zero-order chi connectivity index (χ0) is 23.6. The molecular formula is C30H36N2O2. The molecule has 2 N–H and O–H groups in total. The summed E-state index contributed by atoms with van der Waals surface area (Å²) in [4.78, 5) is 24.3. The Morgan fingerprint density at radius 3 is 1.38 bits per heavy atom. The van der Waals surface area contributed by atoms with Crippen LogP contribution in [0.15, 0.2) is 84.2 Å². The molecule has 0 radical (unpaired) electrons. The van der Waals surface area contributed by atoms with Gasteiger partial charge in [0.05, 0.1) is 0 Å². The predicted octanol–water partition coefficient (Wildman–Crippen LogP) is 5.79. The van der Waals surface area contributed by atoms with E-state index >= 15 is 0 Å². The van der Waals surface area contributed by atoms with Gasteiger partial charge in [-0.3, -0.25) is 9.59 Å². The Bertz CT molecular complexity index is 927. The number of unbranched alkanes of at least 4 members (excludes halogenated alkanes) is 3. The smallest absolute Gasteiger partial charge is 0.158 e. The summed E-state index contributed by atoms with van der Waals surface area (Å²) in [5.41, 5.74) is 4.66. The highest BCUT2D eigenvalue weighted by molar-refractivity contribution is 5.92. The first-order valence-electron chi connectivity index (χ1n) is 12.7. The van der Waals surface area contributed by atoms with E-state index in [-0.39, 0.29) is 23.4 Å². The van der Waals surface area contributed by atoms with Crippen molar-refractivity contribution in [1.29, 1.82) is 0 Å². The summed E-state index contributed by atoms with van der Waals surface area (Å²) >= 11 is 0. The van der Waals surface area contributed by atoms with Crippen LogP contribution in [0.4, 0.5) is 0 Å². The van der Waals surface area contributed by atoms with Gasteiger partial charge >= 0.3 is 0 Å². The normalized spacial score (nSPS) is 20.5. The van der Waals surface area contributed by atoms with Crippen LogP contribution in [0.25, 0.3) is 0 Å². The fourth-order valence-electron chi connectivity index (χ4n) is 5.05. The summed E-state index contributed by atoms with van der Waals surface area (Å²) in [7, 11) is 0. The second-order valence-corrected chi connectivity index (χ2v) is 9.57. The van der Waals surface area contributed by atoms with Gasteiger partial charge in [0.15, 0.2) is 11.6 Å². The van der Waals surface area contributed by atoms with Gasteiger partial charge in [0.1, 0.15) is 0 Å². The quantitative estimate of drug-likeness (QED) is 0.420. The van der Waals surface area contributed by atoms with Crippen LogP contribution in [0.1, 0.15) is 74.3 Å². The van der Waals surface area contributed by atoms with Crippen molar-refractivity contribution in [3.63, 3.8) is 0 Å². The number of allylic oxidation sites excluding steroid dienone is 4. The molecule has 0 fully saturated rings. The topological polar surface area (TPSA) is 58.2 Å². The number of ketones is 2. The van der Waals surface area contributed by atoms with Crippen LogP contribution in [0.3, 0.4) is 0 Å². The van der Waals surface area contributed by atoms with Crippen LogP contribution in [0, 0.1) is 0 Å². The highest BCUT2D eigenvalue weighted by Gasteiger charge is 2.22. The standard InChI is InChI=1S/C30H36N2O2/c33-29-19-25(23-11-5-3-6-12-23)17-27(21-29)31-15-9-1-2-10-16-32-28-18-26(20-30(34)22-28)24-13-7-4-8-14-24/h3-8,11-14,21-22,25-26,31-32H,1-2,9-10,15-20H2. The first-order valence-corrected chi connectivity index (χ1v) is 12.7. The molecule has 0 aromatic heterocycles. The van der Waals surface area contributed by atoms with Gasteiger partial charge in [-0.1, -0.05) is 73.5 Å². The van der Waals surface area contributed by atoms with E-state index in [1.54, 1.807) is 12.2 Å². The minimum atomic E-state index is 0.221. The van der Waals surface area contributed by atoms with Crippen LogP contribution >= 0.6 is 0 Å². The Morgan fingerprint density at radius 1 is 0.559 bits per heavy atom. The van der Waals surface area contributed by atoms with Gasteiger partial charge in [0.25, 0.3) is 0 Å². The molecule has 34 heavy (non-hydrogen) atoms. The lowest BCUT2D eigenvalue weighted by atomic mass is 9.85. The molecule has 0 saturated heterocycles. The fourth-order valence-corrected chi connectivity index (χ4v) is 5.05. The zero-order valence-electron chi connectivity index (χ0n) is 20.0. The molecule has 0 amide bonds. The van der Waals surface area contributed by atoms with Crippen LogP contribution < -0.4 is 10.6 Å². The summed E-state index contributed by atoms with van der Waals surface area (Å²) < 4.78 is 0. The van der Waals surface area contributed by atoms with Crippen molar-refractivity contribution in [3.05, 3.63) is 95.3 Å². The van der Waals surface area contributed by atoms with E-state index in [4.69, 9.17) is 0 Å². The van der Waals surface area contributed by atoms with Crippen LogP contribution in [-0.2, 0) is 9.59 Å². The maximum Gasteiger partial charge on any atom is 0.158 e. The maximum atomic E-state index is 12.2. The molecular weight excluding hydrogens is 420 g/mol. The van der Waals surface area contributed by atoms with E-state index in [1.165, 1.54) is 11.1 Å². The Hall–Kier alpha value is -3.14. The Morgan fingerprint density at radius 2 is 0.971 bits per heavy atom. The van der Waals surface area contributed by atoms with Gasteiger partial charge in [-0.25, -0.2) is 0 Å². The van der Waals surface area contributed by atoms with E-state index in [2.05, 4.69) is 34.9 Å². The van der Waals surface area contributed by atoms with Gasteiger partial charge in [-0.05, 0) is 48.6 Å². The molecule has 0 bridgehead atoms. The SMILES string of the molecule is O=C1C=C(NCCCCCCNC2=CC(=O)CC(c3ccccc3)C2)CC(c2ccccc2)C1. The molecule has 2 aliphatic rings. The minimum absolute atomic E-state index is 0.221. The average molecular weight is 457 g/mol. The molecule has 0 saturated carbocycles. The number of nitrogens with one attached hydrogen (secondary N) is 2. The minimum Gasteiger partial charge on any atom is -0.388 e. The number of carbonyl (C=O) groups excluding carboxylic acids is 2. The maximum absolute atomic E-state index is 12.2. The molecule has 2 aromatic carbocycles. The van der Waals surface area contributed by atoms with Crippen LogP contribution in [-0.4, -0.2) is 24.7 Å². The number of carbonyl (C=O) groups is 2. The number of benzene rings is 2. The van der Waals surface area contributed by atoms with E-state index in [1.807, 2.05) is 36.4 Å². The van der Waals surface area contributed by atoms with Gasteiger partial charge in [-0.15, -0.1) is 0 Å².